The minimum atomic E-state index is -4.53. The van der Waals surface area contributed by atoms with Gasteiger partial charge in [0.1, 0.15) is 0 Å². The Morgan fingerprint density at radius 2 is 1.93 bits per heavy atom. The third-order valence-electron chi connectivity index (χ3n) is 1.84. The topological polar surface area (TPSA) is 43.1 Å². The fraction of sp³-hybridized carbons (Fsp3) is 0.222. The molecule has 0 spiro atoms. The lowest BCUT2D eigenvalue weighted by atomic mass is 10.1. The second-order valence-corrected chi connectivity index (χ2v) is 4.14. The molecular weight excluding hydrogens is 322 g/mol. The van der Waals surface area contributed by atoms with Crippen LogP contribution in [0.1, 0.15) is 22.8 Å². The molecule has 0 fully saturated rings. The van der Waals surface area contributed by atoms with Crippen LogP contribution in [-0.4, -0.2) is 5.78 Å². The Balaban J connectivity index is 3.45. The molecule has 0 saturated carbocycles. The van der Waals surface area contributed by atoms with Crippen LogP contribution in [0.2, 0.25) is 0 Å². The molecule has 0 aliphatic carbocycles. The van der Waals surface area contributed by atoms with Crippen LogP contribution in [0.5, 0.6) is 0 Å². The molecule has 0 saturated heterocycles. The van der Waals surface area contributed by atoms with Crippen LogP contribution < -0.4 is 5.73 Å². The van der Waals surface area contributed by atoms with Crippen LogP contribution in [0.4, 0.5) is 18.9 Å². The van der Waals surface area contributed by atoms with Crippen LogP contribution in [-0.2, 0) is 6.18 Å². The van der Waals surface area contributed by atoms with Crippen molar-refractivity contribution >= 4 is 34.1 Å². The number of rotatable bonds is 1. The number of halogens is 4. The minimum Gasteiger partial charge on any atom is -0.397 e. The van der Waals surface area contributed by atoms with Crippen molar-refractivity contribution in [2.75, 3.05) is 5.73 Å². The molecule has 1 aromatic rings. The van der Waals surface area contributed by atoms with Crippen molar-refractivity contribution in [1.29, 1.82) is 0 Å². The first-order valence-corrected chi connectivity index (χ1v) is 4.98. The molecule has 2 nitrogen and oxygen atoms in total. The molecule has 0 heterocycles. The first-order valence-electron chi connectivity index (χ1n) is 3.90. The maximum Gasteiger partial charge on any atom is 0.418 e. The van der Waals surface area contributed by atoms with Gasteiger partial charge in [-0.15, -0.1) is 0 Å². The lowest BCUT2D eigenvalue weighted by Gasteiger charge is -2.12. The largest absolute Gasteiger partial charge is 0.418 e. The quantitative estimate of drug-likeness (QED) is 0.489. The fourth-order valence-corrected chi connectivity index (χ4v) is 1.68. The predicted molar refractivity (Wildman–Crippen MR) is 58.6 cm³/mol. The number of ketones is 1. The van der Waals surface area contributed by atoms with Crippen molar-refractivity contribution in [2.24, 2.45) is 0 Å². The number of hydrogen-bond donors (Lipinski definition) is 1. The molecular formula is C9H7F3INO. The van der Waals surface area contributed by atoms with Crippen LogP contribution in [0, 0.1) is 3.57 Å². The number of carbonyl (C=O) groups excluding carboxylic acids is 1. The Bertz CT molecular complexity index is 415. The average Bonchev–Trinajstić information content (AvgIpc) is 2.06. The Labute approximate surface area is 97.8 Å². The fourth-order valence-electron chi connectivity index (χ4n) is 1.06. The van der Waals surface area contributed by atoms with Gasteiger partial charge in [-0.05, 0) is 41.6 Å². The van der Waals surface area contributed by atoms with Crippen molar-refractivity contribution in [3.05, 3.63) is 26.8 Å². The summed E-state index contributed by atoms with van der Waals surface area (Å²) in [5.74, 6) is -0.418. The minimum absolute atomic E-state index is 0.0147. The molecule has 0 amide bonds. The first kappa shape index (κ1) is 12.3. The molecule has 0 aliphatic heterocycles. The highest BCUT2D eigenvalue weighted by Crippen LogP contribution is 2.36. The van der Waals surface area contributed by atoms with E-state index in [-0.39, 0.29) is 14.8 Å². The van der Waals surface area contributed by atoms with E-state index >= 15 is 0 Å². The van der Waals surface area contributed by atoms with Gasteiger partial charge in [0.05, 0.1) is 11.3 Å². The standard InChI is InChI=1S/C9H7F3INO/c1-4(15)5-2-6(9(10,11)12)8(14)7(13)3-5/h2-3H,14H2,1H3. The number of anilines is 1. The van der Waals surface area contributed by atoms with Gasteiger partial charge in [0.2, 0.25) is 0 Å². The molecule has 0 aromatic heterocycles. The lowest BCUT2D eigenvalue weighted by molar-refractivity contribution is -0.136. The number of Topliss-reactive ketones (excluding diaryl/α,β-unsaturated/α-hetero) is 1. The molecule has 0 bridgehead atoms. The van der Waals surface area contributed by atoms with E-state index in [1.807, 2.05) is 0 Å². The summed E-state index contributed by atoms with van der Waals surface area (Å²) < 4.78 is 37.7. The molecule has 1 rings (SSSR count). The Kier molecular flexibility index (Phi) is 3.27. The highest BCUT2D eigenvalue weighted by molar-refractivity contribution is 14.1. The second kappa shape index (κ2) is 3.99. The van der Waals surface area contributed by atoms with Gasteiger partial charge in [-0.2, -0.15) is 13.2 Å². The summed E-state index contributed by atoms with van der Waals surface area (Å²) in [5, 5.41) is 0. The van der Waals surface area contributed by atoms with Crippen molar-refractivity contribution in [3.63, 3.8) is 0 Å². The van der Waals surface area contributed by atoms with Gasteiger partial charge in [0.25, 0.3) is 0 Å². The Morgan fingerprint density at radius 3 is 2.33 bits per heavy atom. The molecule has 2 N–H and O–H groups in total. The van der Waals surface area contributed by atoms with Crippen molar-refractivity contribution < 1.29 is 18.0 Å². The van der Waals surface area contributed by atoms with Gasteiger partial charge in [-0.1, -0.05) is 0 Å². The highest BCUT2D eigenvalue weighted by atomic mass is 127. The summed E-state index contributed by atoms with van der Waals surface area (Å²) in [4.78, 5) is 11.0. The van der Waals surface area contributed by atoms with Crippen molar-refractivity contribution in [3.8, 4) is 0 Å². The second-order valence-electron chi connectivity index (χ2n) is 2.97. The van der Waals surface area contributed by atoms with E-state index in [1.165, 1.54) is 13.0 Å². The number of carbonyl (C=O) groups is 1. The summed E-state index contributed by atoms with van der Waals surface area (Å²) >= 11 is 1.67. The third kappa shape index (κ3) is 2.61. The third-order valence-corrected chi connectivity index (χ3v) is 2.73. The summed E-state index contributed by atoms with van der Waals surface area (Å²) in [6, 6.07) is 2.12. The smallest absolute Gasteiger partial charge is 0.397 e. The van der Waals surface area contributed by atoms with Gasteiger partial charge < -0.3 is 5.73 Å². The van der Waals surface area contributed by atoms with Gasteiger partial charge in [-0.25, -0.2) is 0 Å². The molecule has 15 heavy (non-hydrogen) atoms. The number of nitrogens with two attached hydrogens (primary N) is 1. The molecule has 0 radical (unpaired) electrons. The monoisotopic (exact) mass is 329 g/mol. The summed E-state index contributed by atoms with van der Waals surface area (Å²) in [6.45, 7) is 1.21. The number of nitrogen functional groups attached to an aromatic ring is 1. The average molecular weight is 329 g/mol. The SMILES string of the molecule is CC(=O)c1cc(I)c(N)c(C(F)(F)F)c1. The van der Waals surface area contributed by atoms with Gasteiger partial charge in [-0.3, -0.25) is 4.79 Å². The molecule has 82 valence electrons. The summed E-state index contributed by atoms with van der Waals surface area (Å²) in [6.07, 6.45) is -4.53. The van der Waals surface area contributed by atoms with Gasteiger partial charge in [0.15, 0.2) is 5.78 Å². The summed E-state index contributed by atoms with van der Waals surface area (Å²) in [5.41, 5.74) is 4.02. The zero-order chi connectivity index (χ0) is 11.8. The zero-order valence-corrected chi connectivity index (χ0v) is 9.81. The zero-order valence-electron chi connectivity index (χ0n) is 7.65. The molecule has 0 unspecified atom stereocenters. The van der Waals surface area contributed by atoms with Crippen LogP contribution in [0.25, 0.3) is 0 Å². The van der Waals surface area contributed by atoms with Crippen molar-refractivity contribution in [2.45, 2.75) is 13.1 Å². The van der Waals surface area contributed by atoms with E-state index in [4.69, 9.17) is 5.73 Å². The van der Waals surface area contributed by atoms with Crippen LogP contribution >= 0.6 is 22.6 Å². The van der Waals surface area contributed by atoms with E-state index in [0.717, 1.165) is 6.07 Å². The summed E-state index contributed by atoms with van der Waals surface area (Å²) in [7, 11) is 0. The number of benzene rings is 1. The highest BCUT2D eigenvalue weighted by Gasteiger charge is 2.34. The Hall–Kier alpha value is -0.790. The van der Waals surface area contributed by atoms with E-state index in [0.29, 0.717) is 0 Å². The van der Waals surface area contributed by atoms with Gasteiger partial charge in [0, 0.05) is 9.13 Å². The lowest BCUT2D eigenvalue weighted by Crippen LogP contribution is -2.12. The van der Waals surface area contributed by atoms with E-state index in [2.05, 4.69) is 0 Å². The first-order chi connectivity index (χ1) is 6.73. The Morgan fingerprint density at radius 1 is 1.40 bits per heavy atom. The predicted octanol–water partition coefficient (Wildman–Crippen LogP) is 3.09. The maximum atomic E-state index is 12.5. The van der Waals surface area contributed by atoms with E-state index in [9.17, 15) is 18.0 Å². The normalized spacial score (nSPS) is 11.5. The molecule has 6 heteroatoms. The van der Waals surface area contributed by atoms with Crippen molar-refractivity contribution in [1.82, 2.24) is 0 Å². The van der Waals surface area contributed by atoms with Crippen LogP contribution in [0.3, 0.4) is 0 Å². The maximum absolute atomic E-state index is 12.5. The number of hydrogen-bond acceptors (Lipinski definition) is 2. The van der Waals surface area contributed by atoms with Crippen LogP contribution in [0.15, 0.2) is 12.1 Å². The van der Waals surface area contributed by atoms with E-state index < -0.39 is 17.5 Å². The molecule has 1 aromatic carbocycles. The number of alkyl halides is 3. The molecule has 0 atom stereocenters. The van der Waals surface area contributed by atoms with E-state index in [1.54, 1.807) is 22.6 Å². The van der Waals surface area contributed by atoms with Gasteiger partial charge >= 0.3 is 6.18 Å². The molecule has 0 aliphatic rings.